The summed E-state index contributed by atoms with van der Waals surface area (Å²) in [5, 5.41) is 7.58. The highest BCUT2D eigenvalue weighted by molar-refractivity contribution is 5.89. The van der Waals surface area contributed by atoms with Crippen LogP contribution < -0.4 is 0 Å². The lowest BCUT2D eigenvalue weighted by Gasteiger charge is -2.11. The number of likely N-dealkylation sites (tertiary alicyclic amines) is 1. The summed E-state index contributed by atoms with van der Waals surface area (Å²) in [5.41, 5.74) is 0.592. The molecule has 0 N–H and O–H groups in total. The Balaban J connectivity index is 1.82. The van der Waals surface area contributed by atoms with Gasteiger partial charge in [-0.05, 0) is 37.1 Å². The number of amides is 1. The molecule has 0 atom stereocenters. The molecule has 0 bridgehead atoms. The van der Waals surface area contributed by atoms with E-state index in [4.69, 9.17) is 4.42 Å². The van der Waals surface area contributed by atoms with Crippen molar-refractivity contribution in [3.63, 3.8) is 0 Å². The molecule has 0 spiro atoms. The van der Waals surface area contributed by atoms with E-state index in [9.17, 15) is 9.18 Å². The molecule has 6 heteroatoms. The van der Waals surface area contributed by atoms with Crippen LogP contribution in [-0.4, -0.2) is 34.1 Å². The molecular formula is C13H12FN3O2. The van der Waals surface area contributed by atoms with E-state index in [1.54, 1.807) is 4.90 Å². The second-order valence-electron chi connectivity index (χ2n) is 4.42. The molecule has 5 nitrogen and oxygen atoms in total. The molecule has 2 heterocycles. The van der Waals surface area contributed by atoms with Crippen LogP contribution in [0, 0.1) is 5.82 Å². The quantitative estimate of drug-likeness (QED) is 0.830. The molecule has 98 valence electrons. The highest BCUT2D eigenvalue weighted by atomic mass is 19.1. The highest BCUT2D eigenvalue weighted by Crippen LogP contribution is 2.19. The van der Waals surface area contributed by atoms with Crippen molar-refractivity contribution in [1.82, 2.24) is 15.1 Å². The monoisotopic (exact) mass is 261 g/mol. The molecule has 3 rings (SSSR count). The van der Waals surface area contributed by atoms with Gasteiger partial charge in [-0.3, -0.25) is 4.79 Å². The first kappa shape index (κ1) is 11.8. The predicted molar refractivity (Wildman–Crippen MR) is 64.8 cm³/mol. The van der Waals surface area contributed by atoms with Crippen molar-refractivity contribution in [2.45, 2.75) is 12.8 Å². The first-order valence-corrected chi connectivity index (χ1v) is 6.13. The summed E-state index contributed by atoms with van der Waals surface area (Å²) < 4.78 is 18.2. The van der Waals surface area contributed by atoms with Gasteiger partial charge in [0.2, 0.25) is 5.89 Å². The van der Waals surface area contributed by atoms with Gasteiger partial charge < -0.3 is 9.32 Å². The van der Waals surface area contributed by atoms with Gasteiger partial charge in [0.05, 0.1) is 0 Å². The second-order valence-corrected chi connectivity index (χ2v) is 4.42. The number of benzene rings is 1. The standard InChI is InChI=1S/C13H12FN3O2/c14-10-5-3-9(4-6-10)11-15-16-12(19-11)13(18)17-7-1-2-8-17/h3-6H,1-2,7-8H2. The molecule has 0 radical (unpaired) electrons. The fourth-order valence-corrected chi connectivity index (χ4v) is 2.07. The molecular weight excluding hydrogens is 249 g/mol. The molecule has 1 aliphatic rings. The van der Waals surface area contributed by atoms with Crippen molar-refractivity contribution >= 4 is 5.91 Å². The van der Waals surface area contributed by atoms with E-state index < -0.39 is 0 Å². The van der Waals surface area contributed by atoms with E-state index in [1.165, 1.54) is 24.3 Å². The molecule has 1 amide bonds. The van der Waals surface area contributed by atoms with Crippen molar-refractivity contribution in [3.05, 3.63) is 36.0 Å². The molecule has 1 saturated heterocycles. The molecule has 1 aromatic heterocycles. The van der Waals surface area contributed by atoms with E-state index in [1.807, 2.05) is 0 Å². The van der Waals surface area contributed by atoms with Crippen LogP contribution in [0.4, 0.5) is 4.39 Å². The Bertz CT molecular complexity index is 588. The number of aromatic nitrogens is 2. The number of carbonyl (C=O) groups excluding carboxylic acids is 1. The lowest BCUT2D eigenvalue weighted by Crippen LogP contribution is -2.27. The number of hydrogen-bond acceptors (Lipinski definition) is 4. The Morgan fingerprint density at radius 2 is 1.84 bits per heavy atom. The van der Waals surface area contributed by atoms with Gasteiger partial charge in [-0.15, -0.1) is 10.2 Å². The number of nitrogens with zero attached hydrogens (tertiary/aromatic N) is 3. The van der Waals surface area contributed by atoms with Crippen LogP contribution in [0.3, 0.4) is 0 Å². The smallest absolute Gasteiger partial charge is 0.311 e. The fraction of sp³-hybridized carbons (Fsp3) is 0.308. The molecule has 1 aromatic carbocycles. The van der Waals surface area contributed by atoms with E-state index in [0.29, 0.717) is 5.56 Å². The molecule has 2 aromatic rings. The third-order valence-electron chi connectivity index (χ3n) is 3.09. The summed E-state index contributed by atoms with van der Waals surface area (Å²) in [6, 6.07) is 5.68. The molecule has 19 heavy (non-hydrogen) atoms. The minimum Gasteiger partial charge on any atom is -0.412 e. The second kappa shape index (κ2) is 4.79. The summed E-state index contributed by atoms with van der Waals surface area (Å²) in [5.74, 6) is -0.362. The maximum Gasteiger partial charge on any atom is 0.311 e. The molecule has 1 fully saturated rings. The number of halogens is 1. The van der Waals surface area contributed by atoms with E-state index in [2.05, 4.69) is 10.2 Å². The normalized spacial score (nSPS) is 14.9. The average molecular weight is 261 g/mol. The Hall–Kier alpha value is -2.24. The number of carbonyl (C=O) groups is 1. The molecule has 0 aliphatic carbocycles. The minimum absolute atomic E-state index is 0.0128. The first-order valence-electron chi connectivity index (χ1n) is 6.13. The Labute approximate surface area is 109 Å². The third-order valence-corrected chi connectivity index (χ3v) is 3.09. The van der Waals surface area contributed by atoms with Gasteiger partial charge in [0, 0.05) is 18.7 Å². The third kappa shape index (κ3) is 2.33. The van der Waals surface area contributed by atoms with Gasteiger partial charge in [-0.25, -0.2) is 4.39 Å². The van der Waals surface area contributed by atoms with Crippen molar-refractivity contribution < 1.29 is 13.6 Å². The Kier molecular flexibility index (Phi) is 2.98. The lowest BCUT2D eigenvalue weighted by molar-refractivity contribution is 0.0754. The van der Waals surface area contributed by atoms with Crippen LogP contribution in [-0.2, 0) is 0 Å². The van der Waals surface area contributed by atoms with Crippen LogP contribution in [0.5, 0.6) is 0 Å². The maximum absolute atomic E-state index is 12.8. The zero-order valence-corrected chi connectivity index (χ0v) is 10.2. The van der Waals surface area contributed by atoms with Gasteiger partial charge in [0.25, 0.3) is 0 Å². The zero-order chi connectivity index (χ0) is 13.2. The van der Waals surface area contributed by atoms with Gasteiger partial charge in [0.15, 0.2) is 0 Å². The Morgan fingerprint density at radius 3 is 2.53 bits per heavy atom. The van der Waals surface area contributed by atoms with Gasteiger partial charge in [-0.2, -0.15) is 0 Å². The van der Waals surface area contributed by atoms with Crippen molar-refractivity contribution in [3.8, 4) is 11.5 Å². The number of hydrogen-bond donors (Lipinski definition) is 0. The topological polar surface area (TPSA) is 59.2 Å². The zero-order valence-electron chi connectivity index (χ0n) is 10.2. The number of rotatable bonds is 2. The van der Waals surface area contributed by atoms with E-state index in [-0.39, 0.29) is 23.5 Å². The van der Waals surface area contributed by atoms with Gasteiger partial charge in [-0.1, -0.05) is 0 Å². The van der Waals surface area contributed by atoms with Crippen molar-refractivity contribution in [2.24, 2.45) is 0 Å². The molecule has 0 unspecified atom stereocenters. The summed E-state index contributed by atoms with van der Waals surface area (Å²) in [6.45, 7) is 1.46. The SMILES string of the molecule is O=C(c1nnc(-c2ccc(F)cc2)o1)N1CCCC1. The Morgan fingerprint density at radius 1 is 1.16 bits per heavy atom. The molecule has 0 saturated carbocycles. The van der Waals surface area contributed by atoms with Crippen LogP contribution in [0.1, 0.15) is 23.5 Å². The van der Waals surface area contributed by atoms with Crippen LogP contribution in [0.2, 0.25) is 0 Å². The van der Waals surface area contributed by atoms with Crippen molar-refractivity contribution in [1.29, 1.82) is 0 Å². The van der Waals surface area contributed by atoms with Crippen LogP contribution in [0.15, 0.2) is 28.7 Å². The van der Waals surface area contributed by atoms with E-state index in [0.717, 1.165) is 25.9 Å². The summed E-state index contributed by atoms with van der Waals surface area (Å²) in [6.07, 6.45) is 2.01. The summed E-state index contributed by atoms with van der Waals surface area (Å²) in [7, 11) is 0. The van der Waals surface area contributed by atoms with E-state index >= 15 is 0 Å². The van der Waals surface area contributed by atoms with Crippen LogP contribution in [0.25, 0.3) is 11.5 Å². The van der Waals surface area contributed by atoms with Gasteiger partial charge >= 0.3 is 11.8 Å². The predicted octanol–water partition coefficient (Wildman–Crippen LogP) is 2.11. The lowest BCUT2D eigenvalue weighted by atomic mass is 10.2. The first-order chi connectivity index (χ1) is 9.24. The van der Waals surface area contributed by atoms with Crippen molar-refractivity contribution in [2.75, 3.05) is 13.1 Å². The average Bonchev–Trinajstić information content (AvgIpc) is 3.10. The summed E-state index contributed by atoms with van der Waals surface area (Å²) >= 11 is 0. The summed E-state index contributed by atoms with van der Waals surface area (Å²) in [4.78, 5) is 13.7. The molecule has 1 aliphatic heterocycles. The van der Waals surface area contributed by atoms with Crippen LogP contribution >= 0.6 is 0 Å². The minimum atomic E-state index is -0.336. The van der Waals surface area contributed by atoms with Gasteiger partial charge in [0.1, 0.15) is 5.82 Å². The highest BCUT2D eigenvalue weighted by Gasteiger charge is 2.24. The largest absolute Gasteiger partial charge is 0.412 e. The maximum atomic E-state index is 12.8. The fourth-order valence-electron chi connectivity index (χ4n) is 2.07.